The Morgan fingerprint density at radius 1 is 1.21 bits per heavy atom. The second kappa shape index (κ2) is 10.4. The molecule has 1 N–H and O–H groups in total. The molecule has 1 aromatic carbocycles. The molecule has 1 aromatic heterocycles. The minimum atomic E-state index is -0.789. The maximum Gasteiger partial charge on any atom is 0.290 e. The Morgan fingerprint density at radius 2 is 1.91 bits per heavy atom. The second-order valence-corrected chi connectivity index (χ2v) is 8.98. The van der Waals surface area contributed by atoms with Crippen LogP contribution in [0.1, 0.15) is 45.8 Å². The number of aliphatic hydroxyl groups excluding tert-OH is 1. The van der Waals surface area contributed by atoms with Gasteiger partial charge < -0.3 is 24.4 Å². The second-order valence-electron chi connectivity index (χ2n) is 7.77. The summed E-state index contributed by atoms with van der Waals surface area (Å²) in [6.45, 7) is 10.3. The average Bonchev–Trinajstić information content (AvgIpc) is 3.28. The van der Waals surface area contributed by atoms with E-state index >= 15 is 0 Å². The van der Waals surface area contributed by atoms with Crippen molar-refractivity contribution in [3.63, 3.8) is 0 Å². The number of Topliss-reactive ketones (excluding diaryl/α,β-unsaturated/α-hetero) is 1. The number of thiazole rings is 1. The van der Waals surface area contributed by atoms with Crippen LogP contribution >= 0.6 is 11.3 Å². The predicted molar refractivity (Wildman–Crippen MR) is 127 cm³/mol. The molecule has 0 spiro atoms. The molecular weight excluding hydrogens is 442 g/mol. The number of rotatable bonds is 10. The van der Waals surface area contributed by atoms with E-state index in [4.69, 9.17) is 9.47 Å². The van der Waals surface area contributed by atoms with Crippen molar-refractivity contribution in [3.8, 4) is 11.5 Å². The van der Waals surface area contributed by atoms with Crippen molar-refractivity contribution in [3.05, 3.63) is 50.7 Å². The number of methoxy groups -OCH3 is 2. The van der Waals surface area contributed by atoms with Gasteiger partial charge in [0.15, 0.2) is 5.76 Å². The molecule has 0 saturated carbocycles. The monoisotopic (exact) mass is 473 g/mol. The highest BCUT2D eigenvalue weighted by molar-refractivity contribution is 7.14. The van der Waals surface area contributed by atoms with E-state index < -0.39 is 23.5 Å². The molecule has 3 rings (SSSR count). The van der Waals surface area contributed by atoms with Crippen molar-refractivity contribution in [1.29, 1.82) is 0 Å². The summed E-state index contributed by atoms with van der Waals surface area (Å²) >= 11 is 1.26. The van der Waals surface area contributed by atoms with Crippen molar-refractivity contribution in [1.82, 2.24) is 14.8 Å². The van der Waals surface area contributed by atoms with Crippen LogP contribution in [0.2, 0.25) is 0 Å². The van der Waals surface area contributed by atoms with E-state index in [2.05, 4.69) is 23.7 Å². The summed E-state index contributed by atoms with van der Waals surface area (Å²) in [4.78, 5) is 35.3. The molecule has 0 saturated heterocycles. The number of hydrogen-bond acceptors (Lipinski definition) is 8. The van der Waals surface area contributed by atoms with Crippen LogP contribution < -0.4 is 9.47 Å². The molecule has 178 valence electrons. The Hall–Kier alpha value is -2.91. The minimum Gasteiger partial charge on any atom is -0.503 e. The molecule has 0 fully saturated rings. The Labute approximate surface area is 198 Å². The van der Waals surface area contributed by atoms with Crippen molar-refractivity contribution in [2.45, 2.75) is 33.7 Å². The smallest absolute Gasteiger partial charge is 0.290 e. The van der Waals surface area contributed by atoms with Crippen LogP contribution in [-0.2, 0) is 4.79 Å². The van der Waals surface area contributed by atoms with Crippen LogP contribution in [0.4, 0.5) is 0 Å². The van der Waals surface area contributed by atoms with E-state index in [0.717, 1.165) is 18.1 Å². The molecule has 9 heteroatoms. The fourth-order valence-electron chi connectivity index (χ4n) is 4.14. The van der Waals surface area contributed by atoms with Gasteiger partial charge in [-0.1, -0.05) is 13.8 Å². The number of aliphatic hydroxyl groups is 1. The quantitative estimate of drug-likeness (QED) is 0.526. The van der Waals surface area contributed by atoms with Gasteiger partial charge in [-0.15, -0.1) is 11.3 Å². The van der Waals surface area contributed by atoms with Crippen molar-refractivity contribution in [2.75, 3.05) is 40.4 Å². The molecule has 1 amide bonds. The van der Waals surface area contributed by atoms with E-state index in [1.54, 1.807) is 37.1 Å². The summed E-state index contributed by atoms with van der Waals surface area (Å²) in [5, 5.41) is 11.7. The number of likely N-dealkylation sites (N-methyl/N-ethyl adjacent to an activating group) is 1. The number of ketones is 1. The summed E-state index contributed by atoms with van der Waals surface area (Å²) in [5.41, 5.74) is 1.24. The third-order valence-electron chi connectivity index (χ3n) is 5.94. The molecule has 33 heavy (non-hydrogen) atoms. The largest absolute Gasteiger partial charge is 0.503 e. The molecule has 1 unspecified atom stereocenters. The molecule has 0 radical (unpaired) electrons. The van der Waals surface area contributed by atoms with Gasteiger partial charge in [0.2, 0.25) is 5.78 Å². The van der Waals surface area contributed by atoms with Gasteiger partial charge in [0, 0.05) is 24.7 Å². The zero-order valence-corrected chi connectivity index (χ0v) is 20.8. The number of aromatic nitrogens is 1. The first kappa shape index (κ1) is 24.7. The fourth-order valence-corrected chi connectivity index (χ4v) is 5.01. The molecule has 0 bridgehead atoms. The zero-order valence-electron chi connectivity index (χ0n) is 20.0. The van der Waals surface area contributed by atoms with Crippen LogP contribution in [0.15, 0.2) is 29.5 Å². The van der Waals surface area contributed by atoms with Gasteiger partial charge in [-0.25, -0.2) is 4.98 Å². The molecular formula is C24H31N3O5S. The number of ether oxygens (including phenoxy) is 2. The number of benzene rings is 1. The van der Waals surface area contributed by atoms with Crippen LogP contribution in [0.3, 0.4) is 0 Å². The summed E-state index contributed by atoms with van der Waals surface area (Å²) < 4.78 is 10.9. The topological polar surface area (TPSA) is 92.2 Å². The Morgan fingerprint density at radius 3 is 2.45 bits per heavy atom. The van der Waals surface area contributed by atoms with Gasteiger partial charge in [-0.2, -0.15) is 0 Å². The number of carbonyl (C=O) groups is 2. The summed E-state index contributed by atoms with van der Waals surface area (Å²) in [6, 6.07) is 4.45. The van der Waals surface area contributed by atoms with Gasteiger partial charge >= 0.3 is 0 Å². The summed E-state index contributed by atoms with van der Waals surface area (Å²) in [6.07, 6.45) is 0. The highest BCUT2D eigenvalue weighted by atomic mass is 32.1. The predicted octanol–water partition coefficient (Wildman–Crippen LogP) is 3.70. The van der Waals surface area contributed by atoms with Crippen LogP contribution in [-0.4, -0.2) is 72.0 Å². The van der Waals surface area contributed by atoms with Crippen LogP contribution in [0, 0.1) is 13.8 Å². The zero-order chi connectivity index (χ0) is 24.3. The first-order valence-electron chi connectivity index (χ1n) is 10.9. The van der Waals surface area contributed by atoms with Gasteiger partial charge in [0.25, 0.3) is 5.91 Å². The fraction of sp³-hybridized carbons (Fsp3) is 0.458. The maximum atomic E-state index is 13.6. The van der Waals surface area contributed by atoms with E-state index in [0.29, 0.717) is 40.7 Å². The highest BCUT2D eigenvalue weighted by Gasteiger charge is 2.45. The summed E-state index contributed by atoms with van der Waals surface area (Å²) in [7, 11) is 3.08. The molecule has 1 aliphatic rings. The van der Waals surface area contributed by atoms with Gasteiger partial charge in [-0.05, 0) is 39.1 Å². The summed E-state index contributed by atoms with van der Waals surface area (Å²) in [5.74, 6) is -0.417. The van der Waals surface area contributed by atoms with Crippen LogP contribution in [0.5, 0.6) is 11.5 Å². The van der Waals surface area contributed by atoms with Crippen molar-refractivity contribution >= 4 is 23.0 Å². The standard InChI is InChI=1S/C24H31N3O5S/c1-7-26(8-2)11-12-27-20(17-10-9-16(31-5)13-18(17)32-6)19(22(29)24(27)30)21(28)23-14(3)25-15(4)33-23/h9-10,13,20,29H,7-8,11-12H2,1-6H3. The van der Waals surface area contributed by atoms with E-state index in [1.807, 2.05) is 6.92 Å². The van der Waals surface area contributed by atoms with E-state index in [9.17, 15) is 14.7 Å². The lowest BCUT2D eigenvalue weighted by molar-refractivity contribution is -0.129. The van der Waals surface area contributed by atoms with E-state index in [-0.39, 0.29) is 5.57 Å². The minimum absolute atomic E-state index is 0.0507. The van der Waals surface area contributed by atoms with Crippen molar-refractivity contribution < 1.29 is 24.2 Å². The third-order valence-corrected chi connectivity index (χ3v) is 7.02. The SMILES string of the molecule is CCN(CC)CCN1C(=O)C(O)=C(C(=O)c2sc(C)nc2C)C1c1ccc(OC)cc1OC. The first-order valence-corrected chi connectivity index (χ1v) is 11.8. The van der Waals surface area contributed by atoms with Gasteiger partial charge in [0.05, 0.1) is 41.4 Å². The molecule has 1 atom stereocenters. The van der Waals surface area contributed by atoms with Crippen LogP contribution in [0.25, 0.3) is 0 Å². The van der Waals surface area contributed by atoms with Gasteiger partial charge in [0.1, 0.15) is 11.5 Å². The first-order chi connectivity index (χ1) is 15.8. The Kier molecular flexibility index (Phi) is 7.76. The maximum absolute atomic E-state index is 13.6. The van der Waals surface area contributed by atoms with E-state index in [1.165, 1.54) is 18.4 Å². The lowest BCUT2D eigenvalue weighted by Crippen LogP contribution is -2.38. The Bertz CT molecular complexity index is 1070. The third kappa shape index (κ3) is 4.74. The number of hydrogen-bond donors (Lipinski definition) is 1. The highest BCUT2D eigenvalue weighted by Crippen LogP contribution is 2.44. The lowest BCUT2D eigenvalue weighted by atomic mass is 9.94. The number of aryl methyl sites for hydroxylation is 2. The molecule has 2 aromatic rings. The molecule has 0 aliphatic carbocycles. The molecule has 8 nitrogen and oxygen atoms in total. The Balaban J connectivity index is 2.12. The lowest BCUT2D eigenvalue weighted by Gasteiger charge is -2.30. The normalized spacial score (nSPS) is 16.2. The van der Waals surface area contributed by atoms with Gasteiger partial charge in [-0.3, -0.25) is 9.59 Å². The number of nitrogens with zero attached hydrogens (tertiary/aromatic N) is 3. The number of amides is 1. The van der Waals surface area contributed by atoms with Crippen molar-refractivity contribution in [2.24, 2.45) is 0 Å². The molecule has 2 heterocycles. The molecule has 1 aliphatic heterocycles. The number of carbonyl (C=O) groups excluding carboxylic acids is 2. The average molecular weight is 474 g/mol.